The third kappa shape index (κ3) is 6.12. The molecule has 1 aromatic carbocycles. The molecule has 152 valence electrons. The van der Waals surface area contributed by atoms with Crippen LogP contribution >= 0.6 is 23.6 Å². The van der Waals surface area contributed by atoms with Crippen molar-refractivity contribution >= 4 is 44.9 Å². The minimum absolute atomic E-state index is 0.130. The van der Waals surface area contributed by atoms with E-state index in [1.807, 2.05) is 6.07 Å². The van der Waals surface area contributed by atoms with Crippen LogP contribution in [-0.2, 0) is 16.1 Å². The summed E-state index contributed by atoms with van der Waals surface area (Å²) in [6.45, 7) is 5.98. The zero-order valence-corrected chi connectivity index (χ0v) is 18.0. The fourth-order valence-corrected chi connectivity index (χ4v) is 4.72. The van der Waals surface area contributed by atoms with E-state index >= 15 is 0 Å². The number of thiocarbonyl (C=S) groups is 1. The van der Waals surface area contributed by atoms with Crippen LogP contribution in [0.3, 0.4) is 0 Å². The van der Waals surface area contributed by atoms with Gasteiger partial charge in [0.15, 0.2) is 5.11 Å². The fraction of sp³-hybridized carbons (Fsp3) is 0.550. The first kappa shape index (κ1) is 21.0. The van der Waals surface area contributed by atoms with Crippen LogP contribution in [0.1, 0.15) is 30.7 Å². The monoisotopic (exact) mass is 421 g/mol. The van der Waals surface area contributed by atoms with Crippen LogP contribution in [-0.4, -0.2) is 60.8 Å². The number of nitrogens with one attached hydrogen (secondary N) is 2. The second kappa shape index (κ2) is 10.7. The number of nitrogens with zero attached hydrogens (tertiary/aromatic N) is 2. The minimum Gasteiger partial charge on any atom is -0.469 e. The highest BCUT2D eigenvalue weighted by Gasteiger charge is 2.22. The van der Waals surface area contributed by atoms with Crippen molar-refractivity contribution in [1.82, 2.24) is 15.2 Å². The van der Waals surface area contributed by atoms with Crippen LogP contribution in [0.4, 0.5) is 0 Å². The van der Waals surface area contributed by atoms with Gasteiger partial charge in [0.2, 0.25) is 0 Å². The maximum atomic E-state index is 11.1. The first-order valence-corrected chi connectivity index (χ1v) is 11.2. The number of benzene rings is 1. The smallest absolute Gasteiger partial charge is 0.305 e. The van der Waals surface area contributed by atoms with E-state index < -0.39 is 0 Å². The minimum atomic E-state index is -0.130. The highest BCUT2D eigenvalue weighted by molar-refractivity contribution is 7.80. The molecule has 1 saturated heterocycles. The molecule has 0 bridgehead atoms. The molecule has 0 saturated carbocycles. The van der Waals surface area contributed by atoms with Gasteiger partial charge in [0.05, 0.1) is 43.5 Å². The number of quaternary nitrogens is 1. The summed E-state index contributed by atoms with van der Waals surface area (Å²) in [7, 11) is 1.43. The van der Waals surface area contributed by atoms with Gasteiger partial charge in [-0.1, -0.05) is 18.6 Å². The quantitative estimate of drug-likeness (QED) is 0.384. The number of hydrogen-bond donors (Lipinski definition) is 2. The first-order chi connectivity index (χ1) is 13.7. The van der Waals surface area contributed by atoms with Crippen molar-refractivity contribution in [2.45, 2.75) is 32.2 Å². The van der Waals surface area contributed by atoms with Crippen LogP contribution < -0.4 is 10.2 Å². The Labute approximate surface area is 175 Å². The first-order valence-electron chi connectivity index (χ1n) is 9.93. The van der Waals surface area contributed by atoms with Crippen molar-refractivity contribution in [3.8, 4) is 0 Å². The second-order valence-corrected chi connectivity index (χ2v) is 8.61. The number of unbranched alkanes of at least 4 members (excludes halogenated alkanes) is 2. The van der Waals surface area contributed by atoms with E-state index in [9.17, 15) is 4.79 Å². The molecule has 1 aliphatic rings. The predicted octanol–water partition coefficient (Wildman–Crippen LogP) is 1.60. The number of aromatic nitrogens is 1. The molecule has 1 aromatic heterocycles. The average molecular weight is 422 g/mol. The molecule has 6 nitrogen and oxygen atoms in total. The SMILES string of the molecule is COC(=O)CCCCCNC(=S)N1CC[NH+](Cc2nc3ccccc3s2)CC1. The maximum absolute atomic E-state index is 11.1. The van der Waals surface area contributed by atoms with Gasteiger partial charge in [-0.3, -0.25) is 4.79 Å². The number of carbonyl (C=O) groups excluding carboxylic acids is 1. The number of hydrogen-bond acceptors (Lipinski definition) is 5. The summed E-state index contributed by atoms with van der Waals surface area (Å²) in [4.78, 5) is 19.7. The van der Waals surface area contributed by atoms with Crippen LogP contribution in [0.5, 0.6) is 0 Å². The topological polar surface area (TPSA) is 58.9 Å². The number of fused-ring (bicyclic) bond motifs is 1. The third-order valence-corrected chi connectivity index (χ3v) is 6.50. The van der Waals surface area contributed by atoms with Crippen molar-refractivity contribution in [2.24, 2.45) is 0 Å². The van der Waals surface area contributed by atoms with E-state index in [0.29, 0.717) is 6.42 Å². The summed E-state index contributed by atoms with van der Waals surface area (Å²) < 4.78 is 5.92. The molecule has 2 aromatic rings. The van der Waals surface area contributed by atoms with Crippen molar-refractivity contribution in [3.05, 3.63) is 29.3 Å². The molecule has 8 heteroatoms. The molecule has 1 fully saturated rings. The zero-order chi connectivity index (χ0) is 19.8. The summed E-state index contributed by atoms with van der Waals surface area (Å²) in [5.74, 6) is -0.130. The van der Waals surface area contributed by atoms with E-state index in [2.05, 4.69) is 33.2 Å². The summed E-state index contributed by atoms with van der Waals surface area (Å²) in [5, 5.41) is 5.43. The van der Waals surface area contributed by atoms with Gasteiger partial charge in [0.1, 0.15) is 11.6 Å². The molecule has 3 rings (SSSR count). The van der Waals surface area contributed by atoms with Gasteiger partial charge in [-0.2, -0.15) is 0 Å². The Morgan fingerprint density at radius 2 is 2.07 bits per heavy atom. The molecule has 0 radical (unpaired) electrons. The molecular formula is C20H29N4O2S2+. The fourth-order valence-electron chi connectivity index (χ4n) is 3.39. The number of ether oxygens (including phenoxy) is 1. The van der Waals surface area contributed by atoms with Gasteiger partial charge >= 0.3 is 5.97 Å². The van der Waals surface area contributed by atoms with Crippen LogP contribution in [0.15, 0.2) is 24.3 Å². The Bertz CT molecular complexity index is 754. The number of thiazole rings is 1. The summed E-state index contributed by atoms with van der Waals surface area (Å²) in [5.41, 5.74) is 1.11. The van der Waals surface area contributed by atoms with Crippen LogP contribution in [0.25, 0.3) is 10.2 Å². The molecule has 0 atom stereocenters. The lowest BCUT2D eigenvalue weighted by molar-refractivity contribution is -0.917. The number of piperazine rings is 1. The Balaban J connectivity index is 1.32. The van der Waals surface area contributed by atoms with Crippen molar-refractivity contribution in [1.29, 1.82) is 0 Å². The van der Waals surface area contributed by atoms with Gasteiger partial charge in [0.25, 0.3) is 0 Å². The molecule has 1 aliphatic heterocycles. The summed E-state index contributed by atoms with van der Waals surface area (Å²) in [6.07, 6.45) is 3.39. The molecular weight excluding hydrogens is 392 g/mol. The Morgan fingerprint density at radius 3 is 2.82 bits per heavy atom. The third-order valence-electron chi connectivity index (χ3n) is 5.06. The van der Waals surface area contributed by atoms with Crippen molar-refractivity contribution in [3.63, 3.8) is 0 Å². The lowest BCUT2D eigenvalue weighted by Gasteiger charge is -2.33. The summed E-state index contributed by atoms with van der Waals surface area (Å²) in [6, 6.07) is 8.35. The van der Waals surface area contributed by atoms with Crippen LogP contribution in [0.2, 0.25) is 0 Å². The molecule has 2 N–H and O–H groups in total. The highest BCUT2D eigenvalue weighted by atomic mass is 32.1. The lowest BCUT2D eigenvalue weighted by atomic mass is 10.2. The lowest BCUT2D eigenvalue weighted by Crippen LogP contribution is -3.13. The second-order valence-electron chi connectivity index (χ2n) is 7.11. The Hall–Kier alpha value is -1.77. The maximum Gasteiger partial charge on any atom is 0.305 e. The normalized spacial score (nSPS) is 15.0. The Kier molecular flexibility index (Phi) is 8.00. The summed E-state index contributed by atoms with van der Waals surface area (Å²) >= 11 is 7.35. The van der Waals surface area contributed by atoms with Gasteiger partial charge < -0.3 is 19.9 Å². The number of esters is 1. The van der Waals surface area contributed by atoms with E-state index in [0.717, 1.165) is 69.2 Å². The van der Waals surface area contributed by atoms with E-state index in [4.69, 9.17) is 17.2 Å². The standard InChI is InChI=1S/C20H28N4O2S2/c1-26-19(25)9-3-2-6-10-21-20(27)24-13-11-23(12-14-24)15-18-22-16-7-4-5-8-17(16)28-18/h4-5,7-8H,2-3,6,9-15H2,1H3,(H,21,27)/p+1. The molecule has 2 heterocycles. The van der Waals surface area contributed by atoms with E-state index in [-0.39, 0.29) is 5.97 Å². The highest BCUT2D eigenvalue weighted by Crippen LogP contribution is 2.20. The predicted molar refractivity (Wildman–Crippen MR) is 117 cm³/mol. The van der Waals surface area contributed by atoms with Gasteiger partial charge in [-0.15, -0.1) is 11.3 Å². The van der Waals surface area contributed by atoms with E-state index in [1.165, 1.54) is 16.8 Å². The number of methoxy groups -OCH3 is 1. The van der Waals surface area contributed by atoms with Crippen LogP contribution in [0, 0.1) is 0 Å². The van der Waals surface area contributed by atoms with E-state index in [1.54, 1.807) is 16.2 Å². The molecule has 0 aliphatic carbocycles. The van der Waals surface area contributed by atoms with Crippen molar-refractivity contribution in [2.75, 3.05) is 39.8 Å². The van der Waals surface area contributed by atoms with Gasteiger partial charge in [-0.05, 0) is 37.2 Å². The van der Waals surface area contributed by atoms with Gasteiger partial charge in [-0.25, -0.2) is 4.98 Å². The average Bonchev–Trinajstić information content (AvgIpc) is 3.13. The molecule has 0 spiro atoms. The Morgan fingerprint density at radius 1 is 1.29 bits per heavy atom. The van der Waals surface area contributed by atoms with Gasteiger partial charge in [0, 0.05) is 13.0 Å². The largest absolute Gasteiger partial charge is 0.469 e. The number of rotatable bonds is 8. The molecule has 0 unspecified atom stereocenters. The molecule has 0 amide bonds. The number of para-hydroxylation sites is 1. The van der Waals surface area contributed by atoms with Crippen molar-refractivity contribution < 1.29 is 14.4 Å². The molecule has 28 heavy (non-hydrogen) atoms. The zero-order valence-electron chi connectivity index (χ0n) is 16.4. The number of carbonyl (C=O) groups is 1.